The van der Waals surface area contributed by atoms with Gasteiger partial charge in [-0.2, -0.15) is 0 Å². The predicted octanol–water partition coefficient (Wildman–Crippen LogP) is -2.56. The number of carbonyl (C=O) groups is 3. The van der Waals surface area contributed by atoms with E-state index in [-0.39, 0.29) is 41.5 Å². The normalized spacial score (nSPS) is 52.7. The molecule has 2 bridgehead atoms. The number of fused-ring (bicyclic) bond motifs is 3. The van der Waals surface area contributed by atoms with Gasteiger partial charge in [-0.1, -0.05) is 13.8 Å². The van der Waals surface area contributed by atoms with Crippen molar-refractivity contribution in [2.24, 2.45) is 39.9 Å². The zero-order valence-electron chi connectivity index (χ0n) is 42.5. The van der Waals surface area contributed by atoms with Crippen molar-refractivity contribution in [3.8, 4) is 0 Å². The first kappa shape index (κ1) is 56.6. The maximum Gasteiger partial charge on any atom is 0.306 e. The third kappa shape index (κ3) is 10.1. The van der Waals surface area contributed by atoms with E-state index in [0.29, 0.717) is 38.1 Å². The Kier molecular flexibility index (Phi) is 17.0. The molecule has 28 atom stereocenters. The molecule has 2 unspecified atom stereocenters. The number of aliphatic hydroxyl groups excluding tert-OH is 10. The Bertz CT molecular complexity index is 1980. The number of Topliss-reactive ketones (excluding diaryl/α,β-unsaturated/α-hetero) is 1. The summed E-state index contributed by atoms with van der Waals surface area (Å²) in [6, 6.07) is 0. The van der Waals surface area contributed by atoms with Crippen LogP contribution in [0.3, 0.4) is 0 Å². The van der Waals surface area contributed by atoms with Crippen LogP contribution in [-0.2, 0) is 66.5 Å². The Balaban J connectivity index is 0.812. The van der Waals surface area contributed by atoms with Crippen molar-refractivity contribution in [2.45, 2.75) is 221 Å². The van der Waals surface area contributed by atoms with E-state index in [1.54, 1.807) is 6.92 Å². The molecule has 9 rings (SSSR count). The van der Waals surface area contributed by atoms with E-state index in [1.165, 1.54) is 14.0 Å². The highest BCUT2D eigenvalue weighted by Gasteiger charge is 2.70. The van der Waals surface area contributed by atoms with E-state index in [4.69, 9.17) is 52.1 Å². The topological polar surface area (TPSA) is 355 Å². The molecule has 10 N–H and O–H groups in total. The van der Waals surface area contributed by atoms with Crippen LogP contribution >= 0.6 is 0 Å². The molecule has 24 nitrogen and oxygen atoms in total. The van der Waals surface area contributed by atoms with E-state index in [1.807, 2.05) is 0 Å². The van der Waals surface area contributed by atoms with E-state index in [2.05, 4.69) is 13.8 Å². The van der Waals surface area contributed by atoms with Crippen LogP contribution in [0.25, 0.3) is 0 Å². The van der Waals surface area contributed by atoms with Gasteiger partial charge in [0.05, 0.1) is 51.2 Å². The van der Waals surface area contributed by atoms with E-state index >= 15 is 0 Å². The lowest BCUT2D eigenvalue weighted by Gasteiger charge is -2.67. The Morgan fingerprint density at radius 3 is 1.78 bits per heavy atom. The van der Waals surface area contributed by atoms with Crippen molar-refractivity contribution < 1.29 is 118 Å². The van der Waals surface area contributed by atoms with Gasteiger partial charge in [-0.15, -0.1) is 0 Å². The number of ether oxygens (including phenoxy) is 11. The van der Waals surface area contributed by atoms with Crippen molar-refractivity contribution in [3.63, 3.8) is 0 Å². The highest BCUT2D eigenvalue weighted by Crippen LogP contribution is 2.70. The summed E-state index contributed by atoms with van der Waals surface area (Å²) < 4.78 is 65.0. The van der Waals surface area contributed by atoms with E-state index < -0.39 is 166 Å². The number of cyclic esters (lactones) is 1. The molecule has 422 valence electrons. The molecule has 0 aromatic carbocycles. The first-order valence-corrected chi connectivity index (χ1v) is 26.4. The first-order chi connectivity index (χ1) is 35.1. The number of methoxy groups -OCH3 is 1. The van der Waals surface area contributed by atoms with Crippen molar-refractivity contribution >= 4 is 17.7 Å². The summed E-state index contributed by atoms with van der Waals surface area (Å²) in [7, 11) is 1.46. The standard InChI is InChI=1S/C50H78O24/c1-20-42(74-46-41(62)38(59)35(56)29(73-46)19-67-45-40(61)37(58)34(55)28(72-45)18-66-44-39(60)36(57)33(54)27(16-51)71-44)26(64-5)15-32(68-20)70-25-8-10-48(3)24(43(25)69-21(2)52)7-13-50-12-6-23(22-14-31(53)65-17-22)49(4,47(50)63)11-9-30(48)50/h20,22-30,32-46,51,54-62H,6-19H2,1-5H3/t20-,22?,23?,24-,25-,26+,27+,28+,29+,30+,32-,33+,34+,35+,36-,37-,38-,39+,40+,41+,42-,43+,44+,45+,46-,48-,49+,50+/m0/s1. The van der Waals surface area contributed by atoms with Gasteiger partial charge in [-0.3, -0.25) is 14.4 Å². The summed E-state index contributed by atoms with van der Waals surface area (Å²) >= 11 is 0. The first-order valence-electron chi connectivity index (χ1n) is 26.4. The third-order valence-electron chi connectivity index (χ3n) is 18.9. The van der Waals surface area contributed by atoms with Gasteiger partial charge in [0.25, 0.3) is 0 Å². The van der Waals surface area contributed by atoms with Crippen LogP contribution in [0.5, 0.6) is 0 Å². The number of ketones is 1. The summed E-state index contributed by atoms with van der Waals surface area (Å²) in [6.07, 6.45) is -23.3. The Labute approximate surface area is 428 Å². The lowest BCUT2D eigenvalue weighted by molar-refractivity contribution is -0.358. The summed E-state index contributed by atoms with van der Waals surface area (Å²) in [5, 5.41) is 105. The molecule has 9 aliphatic rings. The molecule has 74 heavy (non-hydrogen) atoms. The SMILES string of the molecule is CO[C@@H]1C[C@H](O[C@H]2CC[C@@]3(C)[C@@H](CC[C@]45CCC(C6COC(=O)C6)[C@@](C)(CC[C@@H]43)C5=O)[C@H]2OC(C)=O)O[C@@H](C)[C@@H]1O[C@@H]1O[C@H](CO[C@@H]2O[C@H](CO[C@@H]3O[C@H](CO)[C@@H](O)[C@H](O)[C@H]3O)[C@@H](O)[C@H](O)[C@H]2O)[C@@H](O)[C@H](O)[C@H]1O. The fourth-order valence-corrected chi connectivity index (χ4v) is 14.9. The van der Waals surface area contributed by atoms with Crippen molar-refractivity contribution in [1.29, 1.82) is 0 Å². The smallest absolute Gasteiger partial charge is 0.306 e. The van der Waals surface area contributed by atoms with Crippen LogP contribution in [-0.4, -0.2) is 231 Å². The van der Waals surface area contributed by atoms with Gasteiger partial charge < -0.3 is 103 Å². The number of carbonyl (C=O) groups excluding carboxylic acids is 3. The minimum Gasteiger partial charge on any atom is -0.465 e. The van der Waals surface area contributed by atoms with Gasteiger partial charge in [0.15, 0.2) is 25.2 Å². The number of hydrogen-bond acceptors (Lipinski definition) is 24. The van der Waals surface area contributed by atoms with Crippen LogP contribution in [0, 0.1) is 39.9 Å². The molecule has 4 saturated carbocycles. The molecule has 4 aliphatic carbocycles. The summed E-state index contributed by atoms with van der Waals surface area (Å²) in [4.78, 5) is 39.9. The zero-order chi connectivity index (χ0) is 53.3. The number of rotatable bonds is 14. The Morgan fingerprint density at radius 2 is 1.22 bits per heavy atom. The fraction of sp³-hybridized carbons (Fsp3) is 0.940. The maximum absolute atomic E-state index is 14.9. The summed E-state index contributed by atoms with van der Waals surface area (Å²) in [5.41, 5.74) is -1.34. The van der Waals surface area contributed by atoms with Gasteiger partial charge in [0.1, 0.15) is 91.2 Å². The second kappa shape index (κ2) is 22.2. The number of aliphatic hydroxyl groups is 10. The largest absolute Gasteiger partial charge is 0.465 e. The molecule has 1 spiro atoms. The summed E-state index contributed by atoms with van der Waals surface area (Å²) in [5.74, 6) is -0.181. The maximum atomic E-state index is 14.9. The van der Waals surface area contributed by atoms with Crippen molar-refractivity contribution in [2.75, 3.05) is 33.5 Å². The average Bonchev–Trinajstić information content (AvgIpc) is 3.80. The van der Waals surface area contributed by atoms with Crippen LogP contribution in [0.4, 0.5) is 0 Å². The van der Waals surface area contributed by atoms with Gasteiger partial charge >= 0.3 is 11.9 Å². The lowest BCUT2D eigenvalue weighted by Crippen LogP contribution is -2.67. The minimum atomic E-state index is -1.87. The molecular weight excluding hydrogens is 985 g/mol. The molecule has 0 radical (unpaired) electrons. The van der Waals surface area contributed by atoms with Crippen LogP contribution < -0.4 is 0 Å². The molecular formula is C50H78O24. The molecule has 0 aromatic heterocycles. The molecule has 5 aliphatic heterocycles. The molecule has 5 heterocycles. The molecule has 0 amide bonds. The molecule has 24 heteroatoms. The van der Waals surface area contributed by atoms with Crippen LogP contribution in [0.1, 0.15) is 91.9 Å². The van der Waals surface area contributed by atoms with Crippen molar-refractivity contribution in [1.82, 2.24) is 0 Å². The minimum absolute atomic E-state index is 0.0497. The summed E-state index contributed by atoms with van der Waals surface area (Å²) in [6.45, 7) is 5.85. The quantitative estimate of drug-likeness (QED) is 0.0632. The number of esters is 2. The highest BCUT2D eigenvalue weighted by molar-refractivity contribution is 5.92. The third-order valence-corrected chi connectivity index (χ3v) is 18.9. The predicted molar refractivity (Wildman–Crippen MR) is 244 cm³/mol. The number of hydrogen-bond donors (Lipinski definition) is 10. The zero-order valence-corrected chi connectivity index (χ0v) is 42.5. The van der Waals surface area contributed by atoms with Gasteiger partial charge in [-0.25, -0.2) is 0 Å². The second-order valence-corrected chi connectivity index (χ2v) is 23.0. The van der Waals surface area contributed by atoms with Crippen LogP contribution in [0.15, 0.2) is 0 Å². The highest BCUT2D eigenvalue weighted by atomic mass is 16.8. The van der Waals surface area contributed by atoms with Gasteiger partial charge in [0, 0.05) is 43.1 Å². The second-order valence-electron chi connectivity index (χ2n) is 23.0. The monoisotopic (exact) mass is 1060 g/mol. The fourth-order valence-electron chi connectivity index (χ4n) is 14.9. The van der Waals surface area contributed by atoms with E-state index in [9.17, 15) is 65.4 Å². The van der Waals surface area contributed by atoms with Gasteiger partial charge in [-0.05, 0) is 75.5 Å². The molecule has 5 saturated heterocycles. The molecule has 0 aromatic rings. The Morgan fingerprint density at radius 1 is 0.649 bits per heavy atom. The average molecular weight is 1060 g/mol. The Hall–Kier alpha value is -2.15. The lowest BCUT2D eigenvalue weighted by atomic mass is 9.36. The van der Waals surface area contributed by atoms with E-state index in [0.717, 1.165) is 32.1 Å². The molecule has 9 fully saturated rings. The van der Waals surface area contributed by atoms with Gasteiger partial charge in [0.2, 0.25) is 0 Å². The van der Waals surface area contributed by atoms with Crippen molar-refractivity contribution in [3.05, 3.63) is 0 Å². The van der Waals surface area contributed by atoms with Crippen LogP contribution in [0.2, 0.25) is 0 Å².